The van der Waals surface area contributed by atoms with E-state index >= 15 is 0 Å². The van der Waals surface area contributed by atoms with Crippen LogP contribution in [0.3, 0.4) is 0 Å². The summed E-state index contributed by atoms with van der Waals surface area (Å²) >= 11 is 12.2. The number of benzene rings is 2. The fraction of sp³-hybridized carbons (Fsp3) is 0.400. The Morgan fingerprint density at radius 1 is 1.08 bits per heavy atom. The predicted octanol–water partition coefficient (Wildman–Crippen LogP) is 4.83. The smallest absolute Gasteiger partial charge is 0.166 e. The van der Waals surface area contributed by atoms with Gasteiger partial charge in [-0.25, -0.2) is 0 Å². The van der Waals surface area contributed by atoms with Crippen molar-refractivity contribution in [3.63, 3.8) is 0 Å². The van der Waals surface area contributed by atoms with E-state index < -0.39 is 5.54 Å². The molecule has 0 aliphatic rings. The number of hydrogen-bond donors (Lipinski definition) is 2. The van der Waals surface area contributed by atoms with Crippen molar-refractivity contribution in [2.75, 3.05) is 13.2 Å². The van der Waals surface area contributed by atoms with Gasteiger partial charge in [0.25, 0.3) is 0 Å². The van der Waals surface area contributed by atoms with Gasteiger partial charge in [0, 0.05) is 33.3 Å². The molecule has 6 heteroatoms. The maximum atomic E-state index is 9.44. The zero-order valence-corrected chi connectivity index (χ0v) is 16.8. The molecule has 2 N–H and O–H groups in total. The van der Waals surface area contributed by atoms with E-state index in [2.05, 4.69) is 5.32 Å². The van der Waals surface area contributed by atoms with Crippen LogP contribution in [0.5, 0.6) is 11.5 Å². The van der Waals surface area contributed by atoms with Crippen LogP contribution < -0.4 is 14.8 Å². The number of hydrogen-bond acceptors (Lipinski definition) is 4. The Balaban J connectivity index is 2.22. The van der Waals surface area contributed by atoms with Crippen LogP contribution in [0, 0.1) is 0 Å². The van der Waals surface area contributed by atoms with Gasteiger partial charge in [-0.05, 0) is 39.0 Å². The van der Waals surface area contributed by atoms with Gasteiger partial charge in [0.05, 0.1) is 13.2 Å². The fourth-order valence-electron chi connectivity index (χ4n) is 2.31. The number of aliphatic hydroxyl groups is 1. The van der Waals surface area contributed by atoms with Crippen LogP contribution in [0.1, 0.15) is 31.9 Å². The van der Waals surface area contributed by atoms with Crippen molar-refractivity contribution in [2.45, 2.75) is 39.5 Å². The topological polar surface area (TPSA) is 50.7 Å². The minimum Gasteiger partial charge on any atom is -0.490 e. The highest BCUT2D eigenvalue weighted by Crippen LogP contribution is 2.33. The monoisotopic (exact) mass is 397 g/mol. The number of ether oxygens (including phenoxy) is 2. The van der Waals surface area contributed by atoms with Gasteiger partial charge in [0.15, 0.2) is 11.5 Å². The molecule has 0 heterocycles. The summed E-state index contributed by atoms with van der Waals surface area (Å²) in [5, 5.41) is 13.9. The molecule has 2 rings (SSSR count). The molecule has 0 unspecified atom stereocenters. The summed E-state index contributed by atoms with van der Waals surface area (Å²) in [6, 6.07) is 11.1. The Hall–Kier alpha value is -1.46. The average molecular weight is 398 g/mol. The molecule has 4 nitrogen and oxygen atoms in total. The maximum Gasteiger partial charge on any atom is 0.166 e. The molecule has 0 radical (unpaired) electrons. The standard InChI is InChI=1S/C20H25Cl2NO3/c1-4-25-18-7-5-6-14(11-23-20(2,3)13-24)19(18)26-12-15-8-9-16(21)10-17(15)22/h5-10,23-24H,4,11-13H2,1-3H3. The molecule has 0 bridgehead atoms. The Morgan fingerprint density at radius 3 is 2.50 bits per heavy atom. The van der Waals surface area contributed by atoms with Gasteiger partial charge in [0.1, 0.15) is 6.61 Å². The molecule has 142 valence electrons. The molecule has 0 atom stereocenters. The first-order valence-electron chi connectivity index (χ1n) is 8.53. The van der Waals surface area contributed by atoms with Gasteiger partial charge in [-0.15, -0.1) is 0 Å². The summed E-state index contributed by atoms with van der Waals surface area (Å²) in [5.41, 5.74) is 1.40. The van der Waals surface area contributed by atoms with E-state index in [0.717, 1.165) is 11.1 Å². The quantitative estimate of drug-likeness (QED) is 0.635. The van der Waals surface area contributed by atoms with Crippen molar-refractivity contribution < 1.29 is 14.6 Å². The molecule has 0 amide bonds. The lowest BCUT2D eigenvalue weighted by atomic mass is 10.1. The maximum absolute atomic E-state index is 9.44. The lowest BCUT2D eigenvalue weighted by Gasteiger charge is -2.25. The Labute approximate surface area is 165 Å². The fourth-order valence-corrected chi connectivity index (χ4v) is 2.78. The first-order valence-corrected chi connectivity index (χ1v) is 9.29. The van der Waals surface area contributed by atoms with Gasteiger partial charge in [-0.3, -0.25) is 0 Å². The lowest BCUT2D eigenvalue weighted by Crippen LogP contribution is -2.42. The van der Waals surface area contributed by atoms with Crippen LogP contribution in [-0.4, -0.2) is 23.9 Å². The third-order valence-electron chi connectivity index (χ3n) is 3.90. The second kappa shape index (κ2) is 9.47. The van der Waals surface area contributed by atoms with Crippen LogP contribution in [0.4, 0.5) is 0 Å². The Morgan fingerprint density at radius 2 is 1.85 bits per heavy atom. The zero-order valence-electron chi connectivity index (χ0n) is 15.3. The van der Waals surface area contributed by atoms with Crippen molar-refractivity contribution >= 4 is 23.2 Å². The van der Waals surface area contributed by atoms with Crippen molar-refractivity contribution in [3.05, 3.63) is 57.6 Å². The average Bonchev–Trinajstić information content (AvgIpc) is 2.60. The predicted molar refractivity (Wildman–Crippen MR) is 106 cm³/mol. The molecule has 26 heavy (non-hydrogen) atoms. The van der Waals surface area contributed by atoms with Crippen molar-refractivity contribution in [1.82, 2.24) is 5.32 Å². The number of rotatable bonds is 9. The first kappa shape index (κ1) is 20.8. The highest BCUT2D eigenvalue weighted by Gasteiger charge is 2.18. The Bertz CT molecular complexity index is 735. The van der Waals surface area contributed by atoms with Gasteiger partial charge >= 0.3 is 0 Å². The molecule has 0 aliphatic heterocycles. The molecular weight excluding hydrogens is 373 g/mol. The molecule has 0 spiro atoms. The van der Waals surface area contributed by atoms with E-state index in [0.29, 0.717) is 41.3 Å². The second-order valence-corrected chi connectivity index (χ2v) is 7.44. The van der Waals surface area contributed by atoms with E-state index in [1.165, 1.54) is 0 Å². The van der Waals surface area contributed by atoms with Gasteiger partial charge < -0.3 is 19.9 Å². The molecule has 0 aliphatic carbocycles. The molecule has 0 fully saturated rings. The van der Waals surface area contributed by atoms with Crippen LogP contribution in [0.25, 0.3) is 0 Å². The van der Waals surface area contributed by atoms with Crippen molar-refractivity contribution in [2.24, 2.45) is 0 Å². The third kappa shape index (κ3) is 5.78. The Kier molecular flexibility index (Phi) is 7.59. The van der Waals surface area contributed by atoms with Crippen LogP contribution in [0.15, 0.2) is 36.4 Å². The SMILES string of the molecule is CCOc1cccc(CNC(C)(C)CO)c1OCc1ccc(Cl)cc1Cl. The molecule has 2 aromatic carbocycles. The molecule has 2 aromatic rings. The third-order valence-corrected chi connectivity index (χ3v) is 4.49. The summed E-state index contributed by atoms with van der Waals surface area (Å²) < 4.78 is 11.8. The van der Waals surface area contributed by atoms with Crippen molar-refractivity contribution in [1.29, 1.82) is 0 Å². The number of aliphatic hydroxyl groups excluding tert-OH is 1. The first-order chi connectivity index (χ1) is 12.4. The summed E-state index contributed by atoms with van der Waals surface area (Å²) in [7, 11) is 0. The summed E-state index contributed by atoms with van der Waals surface area (Å²) in [4.78, 5) is 0. The van der Waals surface area contributed by atoms with E-state index in [1.54, 1.807) is 12.1 Å². The summed E-state index contributed by atoms with van der Waals surface area (Å²) in [6.45, 7) is 7.22. The highest BCUT2D eigenvalue weighted by atomic mass is 35.5. The van der Waals surface area contributed by atoms with E-state index in [9.17, 15) is 5.11 Å². The summed E-state index contributed by atoms with van der Waals surface area (Å²) in [6.07, 6.45) is 0. The lowest BCUT2D eigenvalue weighted by molar-refractivity contribution is 0.186. The van der Waals surface area contributed by atoms with E-state index in [-0.39, 0.29) is 6.61 Å². The number of nitrogens with one attached hydrogen (secondary N) is 1. The second-order valence-electron chi connectivity index (χ2n) is 6.60. The number of para-hydroxylation sites is 1. The zero-order chi connectivity index (χ0) is 19.2. The molecule has 0 saturated heterocycles. The van der Waals surface area contributed by atoms with Crippen LogP contribution in [0.2, 0.25) is 10.0 Å². The largest absolute Gasteiger partial charge is 0.490 e. The molecule has 0 saturated carbocycles. The normalized spacial score (nSPS) is 11.5. The van der Waals surface area contributed by atoms with Crippen LogP contribution in [-0.2, 0) is 13.2 Å². The van der Waals surface area contributed by atoms with Gasteiger partial charge in [0.2, 0.25) is 0 Å². The highest BCUT2D eigenvalue weighted by molar-refractivity contribution is 6.35. The van der Waals surface area contributed by atoms with E-state index in [4.69, 9.17) is 32.7 Å². The van der Waals surface area contributed by atoms with Crippen LogP contribution >= 0.6 is 23.2 Å². The molecular formula is C20H25Cl2NO3. The number of halogens is 2. The van der Waals surface area contributed by atoms with Gasteiger partial charge in [-0.1, -0.05) is 41.4 Å². The summed E-state index contributed by atoms with van der Waals surface area (Å²) in [5.74, 6) is 1.35. The van der Waals surface area contributed by atoms with Crippen molar-refractivity contribution in [3.8, 4) is 11.5 Å². The van der Waals surface area contributed by atoms with E-state index in [1.807, 2.05) is 45.0 Å². The minimum absolute atomic E-state index is 0.0364. The minimum atomic E-state index is -0.391. The molecule has 0 aromatic heterocycles. The van der Waals surface area contributed by atoms with Gasteiger partial charge in [-0.2, -0.15) is 0 Å².